The van der Waals surface area contributed by atoms with Crippen molar-refractivity contribution < 1.29 is 22.7 Å². The Morgan fingerprint density at radius 2 is 1.90 bits per heavy atom. The molecule has 0 saturated carbocycles. The van der Waals surface area contributed by atoms with Gasteiger partial charge >= 0.3 is 0 Å². The number of fused-ring (bicyclic) bond motifs is 1. The second kappa shape index (κ2) is 8.94. The average molecular weight is 460 g/mol. The van der Waals surface area contributed by atoms with Gasteiger partial charge in [-0.2, -0.15) is 0 Å². The van der Waals surface area contributed by atoms with Crippen LogP contribution >= 0.6 is 11.3 Å². The zero-order valence-electron chi connectivity index (χ0n) is 16.8. The number of likely N-dealkylation sites (N-methyl/N-ethyl adjacent to an activating group) is 1. The van der Waals surface area contributed by atoms with E-state index in [1.54, 1.807) is 34.5 Å². The van der Waals surface area contributed by atoms with E-state index in [-0.39, 0.29) is 29.3 Å². The van der Waals surface area contributed by atoms with Crippen molar-refractivity contribution in [1.82, 2.24) is 9.88 Å². The number of sulfonamides is 1. The lowest BCUT2D eigenvalue weighted by atomic mass is 10.2. The molecule has 0 fully saturated rings. The molecule has 8 nitrogen and oxygen atoms in total. The molecule has 0 radical (unpaired) electrons. The fourth-order valence-electron chi connectivity index (χ4n) is 3.17. The molecule has 0 saturated heterocycles. The first-order valence-electron chi connectivity index (χ1n) is 9.62. The molecule has 31 heavy (non-hydrogen) atoms. The summed E-state index contributed by atoms with van der Waals surface area (Å²) < 4.78 is 38.3. The van der Waals surface area contributed by atoms with Gasteiger partial charge in [-0.3, -0.25) is 4.79 Å². The second-order valence-corrected chi connectivity index (χ2v) is 9.47. The summed E-state index contributed by atoms with van der Waals surface area (Å²) in [6, 6.07) is 13.5. The number of amides is 1. The highest BCUT2D eigenvalue weighted by Gasteiger charge is 2.30. The number of nitrogens with zero attached hydrogens (tertiary/aromatic N) is 3. The minimum Gasteiger partial charge on any atom is -0.454 e. The van der Waals surface area contributed by atoms with Crippen LogP contribution in [0.15, 0.2) is 65.0 Å². The van der Waals surface area contributed by atoms with Crippen LogP contribution in [-0.2, 0) is 21.4 Å². The lowest BCUT2D eigenvalue weighted by molar-refractivity contribution is -0.129. The Kier molecular flexibility index (Phi) is 6.10. The maximum absolute atomic E-state index is 13.3. The maximum Gasteiger partial charge on any atom is 0.266 e. The molecule has 0 atom stereocenters. The van der Waals surface area contributed by atoms with Gasteiger partial charge < -0.3 is 14.4 Å². The molecule has 1 aromatic heterocycles. The fourth-order valence-corrected chi connectivity index (χ4v) is 5.43. The molecular weight excluding hydrogens is 438 g/mol. The fraction of sp³-hybridized carbons (Fsp3) is 0.238. The van der Waals surface area contributed by atoms with Crippen molar-refractivity contribution >= 4 is 32.4 Å². The number of carbonyl (C=O) groups is 1. The standard InChI is InChI=1S/C21H21N3O5S2/c1-2-23(13-16-8-9-18-19(12-16)29-15-28-18)20(25)14-24(21-22-10-11-30-21)31(26,27)17-6-4-3-5-7-17/h3-12H,2,13-15H2,1H3. The number of aromatic nitrogens is 1. The van der Waals surface area contributed by atoms with Crippen molar-refractivity contribution in [1.29, 1.82) is 0 Å². The molecule has 4 rings (SSSR count). The number of ether oxygens (including phenoxy) is 2. The molecule has 0 spiro atoms. The van der Waals surface area contributed by atoms with Crippen LogP contribution in [0.25, 0.3) is 0 Å². The molecule has 0 aliphatic carbocycles. The van der Waals surface area contributed by atoms with Crippen LogP contribution in [0.4, 0.5) is 5.13 Å². The highest BCUT2D eigenvalue weighted by Crippen LogP contribution is 2.33. The topological polar surface area (TPSA) is 89.0 Å². The van der Waals surface area contributed by atoms with E-state index in [1.807, 2.05) is 19.1 Å². The van der Waals surface area contributed by atoms with Crippen molar-refractivity contribution in [2.24, 2.45) is 0 Å². The minimum atomic E-state index is -3.94. The van der Waals surface area contributed by atoms with Gasteiger partial charge in [-0.15, -0.1) is 11.3 Å². The van der Waals surface area contributed by atoms with E-state index < -0.39 is 10.0 Å². The van der Waals surface area contributed by atoms with E-state index in [9.17, 15) is 13.2 Å². The van der Waals surface area contributed by atoms with Gasteiger partial charge in [-0.25, -0.2) is 17.7 Å². The zero-order valence-corrected chi connectivity index (χ0v) is 18.4. The van der Waals surface area contributed by atoms with Crippen molar-refractivity contribution in [3.8, 4) is 11.5 Å². The molecule has 162 valence electrons. The number of carbonyl (C=O) groups excluding carboxylic acids is 1. The number of hydrogen-bond acceptors (Lipinski definition) is 7. The number of rotatable bonds is 8. The van der Waals surface area contributed by atoms with Gasteiger partial charge in [0.1, 0.15) is 6.54 Å². The molecular formula is C21H21N3O5S2. The van der Waals surface area contributed by atoms with Gasteiger partial charge in [0, 0.05) is 24.7 Å². The summed E-state index contributed by atoms with van der Waals surface area (Å²) in [6.07, 6.45) is 1.52. The van der Waals surface area contributed by atoms with Gasteiger partial charge in [-0.1, -0.05) is 24.3 Å². The first kappa shape index (κ1) is 21.1. The van der Waals surface area contributed by atoms with Crippen molar-refractivity contribution in [2.45, 2.75) is 18.4 Å². The van der Waals surface area contributed by atoms with E-state index in [1.165, 1.54) is 29.7 Å². The Morgan fingerprint density at radius 3 is 2.61 bits per heavy atom. The van der Waals surface area contributed by atoms with E-state index in [2.05, 4.69) is 4.98 Å². The number of hydrogen-bond donors (Lipinski definition) is 0. The first-order valence-corrected chi connectivity index (χ1v) is 11.9. The van der Waals surface area contributed by atoms with Crippen molar-refractivity contribution in [3.63, 3.8) is 0 Å². The van der Waals surface area contributed by atoms with E-state index >= 15 is 0 Å². The molecule has 1 aliphatic heterocycles. The third-order valence-corrected chi connectivity index (χ3v) is 7.45. The lowest BCUT2D eigenvalue weighted by Crippen LogP contribution is -2.42. The molecule has 0 unspecified atom stereocenters. The van der Waals surface area contributed by atoms with Crippen LogP contribution in [0, 0.1) is 0 Å². The zero-order chi connectivity index (χ0) is 21.8. The first-order chi connectivity index (χ1) is 15.0. The molecule has 0 bridgehead atoms. The van der Waals surface area contributed by atoms with Crippen LogP contribution in [0.1, 0.15) is 12.5 Å². The largest absolute Gasteiger partial charge is 0.454 e. The smallest absolute Gasteiger partial charge is 0.266 e. The van der Waals surface area contributed by atoms with Crippen LogP contribution in [0.2, 0.25) is 0 Å². The summed E-state index contributed by atoms with van der Waals surface area (Å²) in [5.74, 6) is 0.981. The third-order valence-electron chi connectivity index (χ3n) is 4.79. The van der Waals surface area contributed by atoms with Gasteiger partial charge in [0.15, 0.2) is 16.6 Å². The van der Waals surface area contributed by atoms with Gasteiger partial charge in [0.05, 0.1) is 4.90 Å². The van der Waals surface area contributed by atoms with Crippen molar-refractivity contribution in [2.75, 3.05) is 24.2 Å². The Bertz CT molecular complexity index is 1150. The van der Waals surface area contributed by atoms with Crippen LogP contribution < -0.4 is 13.8 Å². The van der Waals surface area contributed by atoms with Gasteiger partial charge in [-0.05, 0) is 36.8 Å². The predicted molar refractivity (Wildman–Crippen MR) is 117 cm³/mol. The Morgan fingerprint density at radius 1 is 1.13 bits per heavy atom. The summed E-state index contributed by atoms with van der Waals surface area (Å²) in [4.78, 5) is 19.0. The second-order valence-electron chi connectivity index (χ2n) is 6.73. The summed E-state index contributed by atoms with van der Waals surface area (Å²) in [7, 11) is -3.94. The van der Waals surface area contributed by atoms with Gasteiger partial charge in [0.25, 0.3) is 10.0 Å². The Hall–Kier alpha value is -3.11. The maximum atomic E-state index is 13.3. The number of benzene rings is 2. The molecule has 2 aromatic carbocycles. The molecule has 10 heteroatoms. The van der Waals surface area contributed by atoms with E-state index in [0.717, 1.165) is 9.87 Å². The molecule has 3 aromatic rings. The molecule has 2 heterocycles. The quantitative estimate of drug-likeness (QED) is 0.514. The monoisotopic (exact) mass is 459 g/mol. The Balaban J connectivity index is 1.56. The lowest BCUT2D eigenvalue weighted by Gasteiger charge is -2.26. The highest BCUT2D eigenvalue weighted by atomic mass is 32.2. The molecule has 1 amide bonds. The molecule has 1 aliphatic rings. The van der Waals surface area contributed by atoms with Crippen LogP contribution in [0.5, 0.6) is 11.5 Å². The SMILES string of the molecule is CCN(Cc1ccc2c(c1)OCO2)C(=O)CN(c1nccs1)S(=O)(=O)c1ccccc1. The van der Waals surface area contributed by atoms with Crippen LogP contribution in [-0.4, -0.2) is 44.1 Å². The summed E-state index contributed by atoms with van der Waals surface area (Å²) >= 11 is 1.17. The Labute approximate surface area is 184 Å². The van der Waals surface area contributed by atoms with Gasteiger partial charge in [0.2, 0.25) is 12.7 Å². The van der Waals surface area contributed by atoms with E-state index in [0.29, 0.717) is 24.6 Å². The summed E-state index contributed by atoms with van der Waals surface area (Å²) in [6.45, 7) is 2.43. The third kappa shape index (κ3) is 4.49. The predicted octanol–water partition coefficient (Wildman–Crippen LogP) is 3.12. The average Bonchev–Trinajstić information content (AvgIpc) is 3.47. The summed E-state index contributed by atoms with van der Waals surface area (Å²) in [5.41, 5.74) is 0.867. The molecule has 0 N–H and O–H groups in total. The van der Waals surface area contributed by atoms with E-state index in [4.69, 9.17) is 9.47 Å². The van der Waals surface area contributed by atoms with Crippen LogP contribution in [0.3, 0.4) is 0 Å². The number of anilines is 1. The minimum absolute atomic E-state index is 0.108. The highest BCUT2D eigenvalue weighted by molar-refractivity contribution is 7.93. The van der Waals surface area contributed by atoms with Crippen molar-refractivity contribution in [3.05, 3.63) is 65.7 Å². The number of thiazole rings is 1. The normalized spacial score (nSPS) is 12.5. The summed E-state index contributed by atoms with van der Waals surface area (Å²) in [5, 5.41) is 1.92.